The second-order valence-corrected chi connectivity index (χ2v) is 5.47. The number of rotatable bonds is 2. The maximum atomic E-state index is 10.1. The van der Waals surface area contributed by atoms with Gasteiger partial charge in [-0.05, 0) is 0 Å². The molecule has 3 atom stereocenters. The Morgan fingerprint density at radius 3 is 3.00 bits per heavy atom. The summed E-state index contributed by atoms with van der Waals surface area (Å²) in [6.45, 7) is -0.0356. The number of aliphatic hydroxyl groups is 2. The van der Waals surface area contributed by atoms with E-state index >= 15 is 0 Å². The number of nitrogen functional groups attached to an aromatic ring is 1. The Hall–Kier alpha value is -1.38. The van der Waals surface area contributed by atoms with Gasteiger partial charge in [0.1, 0.15) is 11.8 Å². The smallest absolute Gasteiger partial charge is 0.165 e. The summed E-state index contributed by atoms with van der Waals surface area (Å²) in [5, 5.41) is 19.1. The molecule has 18 heavy (non-hydrogen) atoms. The van der Waals surface area contributed by atoms with E-state index in [1.807, 2.05) is 0 Å². The average molecular weight is 267 g/mol. The number of aliphatic hydroxyl groups excluding tert-OH is 2. The third-order valence-corrected chi connectivity index (χ3v) is 4.57. The maximum absolute atomic E-state index is 10.1. The summed E-state index contributed by atoms with van der Waals surface area (Å²) in [7, 11) is 0. The van der Waals surface area contributed by atoms with E-state index in [9.17, 15) is 5.11 Å². The van der Waals surface area contributed by atoms with E-state index in [4.69, 9.17) is 10.8 Å². The molecule has 0 aromatic carbocycles. The van der Waals surface area contributed by atoms with Gasteiger partial charge in [0, 0.05) is 5.75 Å². The number of fused-ring (bicyclic) bond motifs is 1. The fourth-order valence-electron chi connectivity index (χ4n) is 2.19. The Morgan fingerprint density at radius 1 is 1.44 bits per heavy atom. The topological polar surface area (TPSA) is 110 Å². The lowest BCUT2D eigenvalue weighted by atomic mass is 10.1. The lowest BCUT2D eigenvalue weighted by Gasteiger charge is -2.18. The first-order valence-electron chi connectivity index (χ1n) is 5.56. The molecule has 0 spiro atoms. The van der Waals surface area contributed by atoms with E-state index in [2.05, 4.69) is 15.0 Å². The molecule has 1 aliphatic heterocycles. The third kappa shape index (κ3) is 1.64. The van der Waals surface area contributed by atoms with Crippen molar-refractivity contribution in [2.24, 2.45) is 0 Å². The third-order valence-electron chi connectivity index (χ3n) is 3.18. The van der Waals surface area contributed by atoms with E-state index in [1.165, 1.54) is 6.33 Å². The molecule has 2 aromatic rings. The van der Waals surface area contributed by atoms with Crippen LogP contribution in [0.15, 0.2) is 12.7 Å². The van der Waals surface area contributed by atoms with E-state index in [1.54, 1.807) is 22.7 Å². The average Bonchev–Trinajstić information content (AvgIpc) is 2.93. The summed E-state index contributed by atoms with van der Waals surface area (Å²) in [6, 6.07) is -0.147. The zero-order valence-electron chi connectivity index (χ0n) is 9.47. The molecule has 0 saturated carbocycles. The van der Waals surface area contributed by atoms with Crippen LogP contribution in [0.1, 0.15) is 6.04 Å². The normalized spacial score (nSPS) is 28.0. The second kappa shape index (κ2) is 4.38. The van der Waals surface area contributed by atoms with Crippen LogP contribution < -0.4 is 5.73 Å². The molecular formula is C10H13N5O2S. The van der Waals surface area contributed by atoms with Gasteiger partial charge in [-0.15, -0.1) is 0 Å². The maximum Gasteiger partial charge on any atom is 0.165 e. The molecule has 1 saturated heterocycles. The lowest BCUT2D eigenvalue weighted by molar-refractivity contribution is 0.109. The fraction of sp³-hybridized carbons (Fsp3) is 0.500. The highest BCUT2D eigenvalue weighted by molar-refractivity contribution is 8.00. The number of imidazole rings is 1. The Labute approximate surface area is 107 Å². The van der Waals surface area contributed by atoms with E-state index < -0.39 is 6.10 Å². The van der Waals surface area contributed by atoms with Gasteiger partial charge in [0.25, 0.3) is 0 Å². The van der Waals surface area contributed by atoms with Gasteiger partial charge in [-0.25, -0.2) is 15.0 Å². The van der Waals surface area contributed by atoms with E-state index in [-0.39, 0.29) is 17.9 Å². The van der Waals surface area contributed by atoms with Gasteiger partial charge in [0.2, 0.25) is 0 Å². The molecule has 7 nitrogen and oxygen atoms in total. The lowest BCUT2D eigenvalue weighted by Crippen LogP contribution is -2.29. The number of nitrogens with two attached hydrogens (primary N) is 1. The minimum atomic E-state index is -0.617. The first-order valence-corrected chi connectivity index (χ1v) is 6.60. The van der Waals surface area contributed by atoms with Crippen LogP contribution in [0.25, 0.3) is 11.2 Å². The standard InChI is InChI=1S/C10H13N5O2S/c11-9-7-10(13-3-12-9)15(4-14-7)5-2-18-6(1-16)8(5)17/h3-6,8,16-17H,1-2H2,(H2,11,12,13)/t5-,6-,8+/m1/s1. The van der Waals surface area contributed by atoms with Crippen LogP contribution in [-0.4, -0.2) is 53.4 Å². The number of hydrogen-bond donors (Lipinski definition) is 3. The van der Waals surface area contributed by atoms with Crippen LogP contribution in [-0.2, 0) is 0 Å². The molecular weight excluding hydrogens is 254 g/mol. The molecule has 3 rings (SSSR count). The number of nitrogens with zero attached hydrogens (tertiary/aromatic N) is 4. The van der Waals surface area contributed by atoms with Crippen molar-refractivity contribution < 1.29 is 10.2 Å². The molecule has 1 aliphatic rings. The SMILES string of the molecule is Nc1ncnc2c1ncn2[C@@H]1CS[C@H](CO)[C@H]1O. The van der Waals surface area contributed by atoms with Crippen LogP contribution in [0, 0.1) is 0 Å². The zero-order chi connectivity index (χ0) is 12.7. The number of hydrogen-bond acceptors (Lipinski definition) is 7. The minimum Gasteiger partial charge on any atom is -0.395 e. The highest BCUT2D eigenvalue weighted by atomic mass is 32.2. The van der Waals surface area contributed by atoms with Crippen molar-refractivity contribution in [1.29, 1.82) is 0 Å². The van der Waals surface area contributed by atoms with Gasteiger partial charge in [-0.2, -0.15) is 11.8 Å². The van der Waals surface area contributed by atoms with Crippen molar-refractivity contribution in [2.45, 2.75) is 17.4 Å². The van der Waals surface area contributed by atoms with Crippen LogP contribution in [0.2, 0.25) is 0 Å². The number of aromatic nitrogens is 4. The highest BCUT2D eigenvalue weighted by Crippen LogP contribution is 2.36. The first-order chi connectivity index (χ1) is 8.72. The van der Waals surface area contributed by atoms with Gasteiger partial charge in [-0.1, -0.05) is 0 Å². The number of thioether (sulfide) groups is 1. The van der Waals surface area contributed by atoms with Gasteiger partial charge >= 0.3 is 0 Å². The van der Waals surface area contributed by atoms with Crippen LogP contribution in [0.4, 0.5) is 5.82 Å². The molecule has 1 fully saturated rings. The van der Waals surface area contributed by atoms with Crippen LogP contribution >= 0.6 is 11.8 Å². The predicted molar refractivity (Wildman–Crippen MR) is 68.1 cm³/mol. The summed E-state index contributed by atoms with van der Waals surface area (Å²) in [5.74, 6) is 1.04. The molecule has 4 N–H and O–H groups in total. The van der Waals surface area contributed by atoms with Crippen molar-refractivity contribution in [3.63, 3.8) is 0 Å². The first kappa shape index (κ1) is 11.7. The predicted octanol–water partition coefficient (Wildman–Crippen LogP) is -0.582. The fourth-order valence-corrected chi connectivity index (χ4v) is 3.47. The van der Waals surface area contributed by atoms with Crippen LogP contribution in [0.5, 0.6) is 0 Å². The number of anilines is 1. The van der Waals surface area contributed by atoms with E-state index in [0.29, 0.717) is 22.7 Å². The molecule has 96 valence electrons. The molecule has 8 heteroatoms. The summed E-state index contributed by atoms with van der Waals surface area (Å²) < 4.78 is 1.81. The summed E-state index contributed by atoms with van der Waals surface area (Å²) in [6.07, 6.45) is 2.38. The van der Waals surface area contributed by atoms with E-state index in [0.717, 1.165) is 0 Å². The molecule has 0 radical (unpaired) electrons. The zero-order valence-corrected chi connectivity index (χ0v) is 10.3. The monoisotopic (exact) mass is 267 g/mol. The Bertz CT molecular complexity index is 574. The van der Waals surface area contributed by atoms with Crippen LogP contribution in [0.3, 0.4) is 0 Å². The van der Waals surface area contributed by atoms with Gasteiger partial charge in [-0.3, -0.25) is 0 Å². The quantitative estimate of drug-likeness (QED) is 0.667. The molecule has 2 aromatic heterocycles. The molecule has 3 heterocycles. The summed E-state index contributed by atoms with van der Waals surface area (Å²) >= 11 is 1.55. The van der Waals surface area contributed by atoms with Gasteiger partial charge in [0.05, 0.1) is 30.3 Å². The molecule has 0 unspecified atom stereocenters. The van der Waals surface area contributed by atoms with Crippen molar-refractivity contribution in [3.05, 3.63) is 12.7 Å². The van der Waals surface area contributed by atoms with Crippen molar-refractivity contribution >= 4 is 28.7 Å². The van der Waals surface area contributed by atoms with Crippen molar-refractivity contribution in [1.82, 2.24) is 19.5 Å². The minimum absolute atomic E-state index is 0.0356. The molecule has 0 aliphatic carbocycles. The van der Waals surface area contributed by atoms with Crippen molar-refractivity contribution in [2.75, 3.05) is 18.1 Å². The summed E-state index contributed by atoms with van der Waals surface area (Å²) in [5.41, 5.74) is 6.88. The van der Waals surface area contributed by atoms with Gasteiger partial charge < -0.3 is 20.5 Å². The van der Waals surface area contributed by atoms with Crippen molar-refractivity contribution in [3.8, 4) is 0 Å². The van der Waals surface area contributed by atoms with Gasteiger partial charge in [0.15, 0.2) is 11.5 Å². The summed E-state index contributed by atoms with van der Waals surface area (Å²) in [4.78, 5) is 12.2. The second-order valence-electron chi connectivity index (χ2n) is 4.20. The Kier molecular flexibility index (Phi) is 2.84. The highest BCUT2D eigenvalue weighted by Gasteiger charge is 2.37. The molecule has 0 bridgehead atoms. The largest absolute Gasteiger partial charge is 0.395 e. The molecule has 0 amide bonds. The Morgan fingerprint density at radius 2 is 2.28 bits per heavy atom. The Balaban J connectivity index is 2.03.